The molecule has 146 valence electrons. The van der Waals surface area contributed by atoms with Crippen LogP contribution >= 0.6 is 0 Å². The summed E-state index contributed by atoms with van der Waals surface area (Å²) in [5.74, 6) is 0. The first-order valence-corrected chi connectivity index (χ1v) is 9.36. The molecular weight excluding hydrogens is 346 g/mol. The SMILES string of the molecule is c1ccc(-c2cc3nc(c2)COCCOCCOCCOCCOC3)cc1. The Balaban J connectivity index is 1.67. The van der Waals surface area contributed by atoms with E-state index in [1.165, 1.54) is 0 Å². The largest absolute Gasteiger partial charge is 0.377 e. The summed E-state index contributed by atoms with van der Waals surface area (Å²) in [4.78, 5) is 4.67. The second-order valence-corrected chi connectivity index (χ2v) is 6.15. The lowest BCUT2D eigenvalue weighted by atomic mass is 10.0. The molecule has 0 amide bonds. The number of ether oxygens (including phenoxy) is 5. The van der Waals surface area contributed by atoms with Crippen LogP contribution < -0.4 is 0 Å². The van der Waals surface area contributed by atoms with Crippen LogP contribution in [0.1, 0.15) is 11.4 Å². The summed E-state index contributed by atoms with van der Waals surface area (Å²) >= 11 is 0. The molecule has 0 spiro atoms. The Labute approximate surface area is 160 Å². The third-order valence-corrected chi connectivity index (χ3v) is 4.03. The van der Waals surface area contributed by atoms with E-state index in [1.807, 2.05) is 18.2 Å². The smallest absolute Gasteiger partial charge is 0.0889 e. The molecule has 27 heavy (non-hydrogen) atoms. The van der Waals surface area contributed by atoms with E-state index >= 15 is 0 Å². The van der Waals surface area contributed by atoms with E-state index < -0.39 is 0 Å². The van der Waals surface area contributed by atoms with Gasteiger partial charge in [-0.25, -0.2) is 0 Å². The van der Waals surface area contributed by atoms with Crippen molar-refractivity contribution in [3.63, 3.8) is 0 Å². The van der Waals surface area contributed by atoms with E-state index in [-0.39, 0.29) is 0 Å². The summed E-state index contributed by atoms with van der Waals surface area (Å²) in [5, 5.41) is 0. The lowest BCUT2D eigenvalue weighted by Gasteiger charge is -2.12. The first kappa shape index (κ1) is 19.9. The Hall–Kier alpha value is -1.83. The van der Waals surface area contributed by atoms with Crippen molar-refractivity contribution in [3.8, 4) is 11.1 Å². The van der Waals surface area contributed by atoms with Crippen molar-refractivity contribution >= 4 is 0 Å². The molecule has 2 bridgehead atoms. The fourth-order valence-electron chi connectivity index (χ4n) is 2.73. The van der Waals surface area contributed by atoms with Crippen molar-refractivity contribution in [3.05, 3.63) is 53.9 Å². The molecule has 1 aliphatic rings. The van der Waals surface area contributed by atoms with Gasteiger partial charge in [-0.2, -0.15) is 0 Å². The minimum absolute atomic E-state index is 0.441. The van der Waals surface area contributed by atoms with Gasteiger partial charge in [-0.15, -0.1) is 0 Å². The maximum atomic E-state index is 5.72. The van der Waals surface area contributed by atoms with Crippen LogP contribution in [0, 0.1) is 0 Å². The fourth-order valence-corrected chi connectivity index (χ4v) is 2.73. The van der Waals surface area contributed by atoms with Gasteiger partial charge in [0, 0.05) is 0 Å². The molecule has 1 aliphatic heterocycles. The Morgan fingerprint density at radius 1 is 0.519 bits per heavy atom. The third-order valence-electron chi connectivity index (χ3n) is 4.03. The van der Waals surface area contributed by atoms with Crippen LogP contribution in [-0.2, 0) is 36.9 Å². The normalized spacial score (nSPS) is 18.4. The van der Waals surface area contributed by atoms with Gasteiger partial charge in [-0.3, -0.25) is 4.98 Å². The third kappa shape index (κ3) is 7.36. The van der Waals surface area contributed by atoms with Gasteiger partial charge in [-0.1, -0.05) is 30.3 Å². The van der Waals surface area contributed by atoms with Gasteiger partial charge in [0.2, 0.25) is 0 Å². The quantitative estimate of drug-likeness (QED) is 0.766. The van der Waals surface area contributed by atoms with Crippen LogP contribution in [0.3, 0.4) is 0 Å². The maximum Gasteiger partial charge on any atom is 0.0889 e. The number of rotatable bonds is 1. The molecule has 6 heteroatoms. The molecule has 0 fully saturated rings. The topological polar surface area (TPSA) is 59.0 Å². The number of hydrogen-bond acceptors (Lipinski definition) is 6. The minimum Gasteiger partial charge on any atom is -0.377 e. The molecule has 2 aromatic rings. The van der Waals surface area contributed by atoms with Crippen molar-refractivity contribution in [2.45, 2.75) is 13.2 Å². The zero-order chi connectivity index (χ0) is 18.6. The highest BCUT2D eigenvalue weighted by atomic mass is 16.6. The van der Waals surface area contributed by atoms with Crippen LogP contribution in [0.5, 0.6) is 0 Å². The van der Waals surface area contributed by atoms with E-state index in [2.05, 4.69) is 29.2 Å². The molecule has 6 nitrogen and oxygen atoms in total. The van der Waals surface area contributed by atoms with Gasteiger partial charge >= 0.3 is 0 Å². The molecule has 3 rings (SSSR count). The summed E-state index contributed by atoms with van der Waals surface area (Å²) in [6.07, 6.45) is 0. The van der Waals surface area contributed by atoms with E-state index in [4.69, 9.17) is 23.7 Å². The molecule has 1 aromatic heterocycles. The average Bonchev–Trinajstić information content (AvgIpc) is 2.71. The Morgan fingerprint density at radius 2 is 0.963 bits per heavy atom. The van der Waals surface area contributed by atoms with E-state index in [0.29, 0.717) is 66.1 Å². The molecule has 1 aromatic carbocycles. The first-order valence-electron chi connectivity index (χ1n) is 9.36. The fraction of sp³-hybridized carbons (Fsp3) is 0.476. The van der Waals surface area contributed by atoms with Crippen LogP contribution in [0.4, 0.5) is 0 Å². The number of pyridine rings is 1. The van der Waals surface area contributed by atoms with Crippen molar-refractivity contribution < 1.29 is 23.7 Å². The molecule has 0 atom stereocenters. The highest BCUT2D eigenvalue weighted by Gasteiger charge is 2.06. The molecular formula is C21H27NO5. The lowest BCUT2D eigenvalue weighted by molar-refractivity contribution is -0.0152. The predicted molar refractivity (Wildman–Crippen MR) is 101 cm³/mol. The monoisotopic (exact) mass is 373 g/mol. The summed E-state index contributed by atoms with van der Waals surface area (Å²) in [7, 11) is 0. The summed E-state index contributed by atoms with van der Waals surface area (Å²) in [6.45, 7) is 5.22. The van der Waals surface area contributed by atoms with Crippen LogP contribution in [0.2, 0.25) is 0 Å². The van der Waals surface area contributed by atoms with Gasteiger partial charge in [0.05, 0.1) is 77.5 Å². The second kappa shape index (κ2) is 11.8. The molecule has 2 heterocycles. The van der Waals surface area contributed by atoms with Crippen LogP contribution in [0.25, 0.3) is 11.1 Å². The number of benzene rings is 1. The van der Waals surface area contributed by atoms with Gasteiger partial charge in [0.25, 0.3) is 0 Å². The van der Waals surface area contributed by atoms with Crippen molar-refractivity contribution in [2.24, 2.45) is 0 Å². The molecule has 0 N–H and O–H groups in total. The molecule has 0 saturated heterocycles. The zero-order valence-corrected chi connectivity index (χ0v) is 15.6. The maximum absolute atomic E-state index is 5.72. The van der Waals surface area contributed by atoms with Crippen LogP contribution in [-0.4, -0.2) is 57.8 Å². The number of aromatic nitrogens is 1. The van der Waals surface area contributed by atoms with Crippen molar-refractivity contribution in [1.82, 2.24) is 4.98 Å². The lowest BCUT2D eigenvalue weighted by Crippen LogP contribution is -2.14. The standard InChI is InChI=1S/C21H27NO5/c1-2-4-18(5-3-1)19-14-20-16-26-12-10-24-8-6-23-7-9-25-11-13-27-17-21(15-19)22-20/h1-5,14-15H,6-13,16-17H2. The van der Waals surface area contributed by atoms with Gasteiger partial charge < -0.3 is 23.7 Å². The zero-order valence-electron chi connectivity index (χ0n) is 15.6. The Kier molecular flexibility index (Phi) is 8.70. The summed E-state index contributed by atoms with van der Waals surface area (Å²) in [5.41, 5.74) is 4.03. The summed E-state index contributed by atoms with van der Waals surface area (Å²) < 4.78 is 27.9. The van der Waals surface area contributed by atoms with E-state index in [1.54, 1.807) is 0 Å². The second-order valence-electron chi connectivity index (χ2n) is 6.15. The number of fused-ring (bicyclic) bond motifs is 2. The highest BCUT2D eigenvalue weighted by molar-refractivity contribution is 5.63. The number of nitrogens with zero attached hydrogens (tertiary/aromatic N) is 1. The van der Waals surface area contributed by atoms with Crippen molar-refractivity contribution in [1.29, 1.82) is 0 Å². The van der Waals surface area contributed by atoms with Crippen molar-refractivity contribution in [2.75, 3.05) is 52.9 Å². The van der Waals surface area contributed by atoms with Gasteiger partial charge in [-0.05, 0) is 23.3 Å². The first-order chi connectivity index (χ1) is 13.4. The van der Waals surface area contributed by atoms with E-state index in [9.17, 15) is 0 Å². The Bertz CT molecular complexity index is 631. The van der Waals surface area contributed by atoms with Gasteiger partial charge in [0.1, 0.15) is 0 Å². The molecule has 0 aliphatic carbocycles. The average molecular weight is 373 g/mol. The van der Waals surface area contributed by atoms with Gasteiger partial charge in [0.15, 0.2) is 0 Å². The molecule has 0 radical (unpaired) electrons. The summed E-state index contributed by atoms with van der Waals surface area (Å²) in [6, 6.07) is 14.4. The minimum atomic E-state index is 0.441. The highest BCUT2D eigenvalue weighted by Crippen LogP contribution is 2.21. The Morgan fingerprint density at radius 3 is 1.44 bits per heavy atom. The number of hydrogen-bond donors (Lipinski definition) is 0. The van der Waals surface area contributed by atoms with Crippen LogP contribution in [0.15, 0.2) is 42.5 Å². The molecule has 0 unspecified atom stereocenters. The predicted octanol–water partition coefficient (Wildman–Crippen LogP) is 2.85. The van der Waals surface area contributed by atoms with E-state index in [0.717, 1.165) is 22.5 Å². The molecule has 0 saturated carbocycles.